The van der Waals surface area contributed by atoms with E-state index < -0.39 is 0 Å². The van der Waals surface area contributed by atoms with E-state index in [1.165, 1.54) is 11.6 Å². The van der Waals surface area contributed by atoms with Crippen molar-refractivity contribution in [3.8, 4) is 0 Å². The maximum atomic E-state index is 12.6. The summed E-state index contributed by atoms with van der Waals surface area (Å²) < 4.78 is 11.9. The van der Waals surface area contributed by atoms with Crippen molar-refractivity contribution >= 4 is 16.9 Å². The Kier molecular flexibility index (Phi) is 4.08. The molecule has 8 heteroatoms. The SMILES string of the molecule is CCOCCCn1c(C)c(C)n2c3c(=O)n(C)c(=O)n(C)c3nc12. The molecule has 0 atom stereocenters. The molecule has 0 aromatic carbocycles. The van der Waals surface area contributed by atoms with E-state index in [1.807, 2.05) is 25.2 Å². The predicted molar refractivity (Wildman–Crippen MR) is 91.8 cm³/mol. The quantitative estimate of drug-likeness (QED) is 0.645. The highest BCUT2D eigenvalue weighted by Gasteiger charge is 2.21. The molecule has 3 rings (SSSR count). The summed E-state index contributed by atoms with van der Waals surface area (Å²) >= 11 is 0. The second kappa shape index (κ2) is 5.94. The molecule has 0 aliphatic carbocycles. The number of imidazole rings is 2. The van der Waals surface area contributed by atoms with Crippen LogP contribution in [-0.4, -0.2) is 36.3 Å². The fourth-order valence-electron chi connectivity index (χ4n) is 3.13. The molecule has 0 spiro atoms. The highest BCUT2D eigenvalue weighted by molar-refractivity contribution is 5.76. The topological polar surface area (TPSA) is 75.5 Å². The number of aryl methyl sites for hydroxylation is 3. The normalized spacial score (nSPS) is 11.9. The van der Waals surface area contributed by atoms with Gasteiger partial charge in [0.2, 0.25) is 5.78 Å². The lowest BCUT2D eigenvalue weighted by Gasteiger charge is -2.06. The summed E-state index contributed by atoms with van der Waals surface area (Å²) in [6.45, 7) is 8.09. The van der Waals surface area contributed by atoms with Crippen molar-refractivity contribution in [1.29, 1.82) is 0 Å². The fourth-order valence-corrected chi connectivity index (χ4v) is 3.13. The Bertz CT molecular complexity index is 1030. The number of hydrogen-bond acceptors (Lipinski definition) is 4. The molecule has 0 aliphatic heterocycles. The first-order valence-corrected chi connectivity index (χ1v) is 8.11. The van der Waals surface area contributed by atoms with E-state index in [2.05, 4.69) is 9.55 Å². The first-order chi connectivity index (χ1) is 11.4. The van der Waals surface area contributed by atoms with Gasteiger partial charge in [-0.25, -0.2) is 4.79 Å². The van der Waals surface area contributed by atoms with Gasteiger partial charge in [-0.15, -0.1) is 0 Å². The third kappa shape index (κ3) is 2.21. The Hall–Kier alpha value is -2.35. The molecule has 0 saturated carbocycles. The van der Waals surface area contributed by atoms with Crippen LogP contribution in [-0.2, 0) is 25.4 Å². The molecule has 0 N–H and O–H groups in total. The van der Waals surface area contributed by atoms with Crippen molar-refractivity contribution < 1.29 is 4.74 Å². The van der Waals surface area contributed by atoms with Crippen molar-refractivity contribution in [1.82, 2.24) is 23.1 Å². The lowest BCUT2D eigenvalue weighted by atomic mass is 10.3. The van der Waals surface area contributed by atoms with Crippen LogP contribution < -0.4 is 11.2 Å². The summed E-state index contributed by atoms with van der Waals surface area (Å²) in [4.78, 5) is 29.3. The molecule has 3 aromatic rings. The van der Waals surface area contributed by atoms with E-state index in [4.69, 9.17) is 4.74 Å². The third-order valence-corrected chi connectivity index (χ3v) is 4.62. The maximum Gasteiger partial charge on any atom is 0.332 e. The van der Waals surface area contributed by atoms with Crippen molar-refractivity contribution in [3.63, 3.8) is 0 Å². The van der Waals surface area contributed by atoms with E-state index in [0.717, 1.165) is 28.9 Å². The van der Waals surface area contributed by atoms with Gasteiger partial charge in [0.1, 0.15) is 0 Å². The minimum atomic E-state index is -0.370. The Balaban J connectivity index is 2.28. The van der Waals surface area contributed by atoms with Gasteiger partial charge in [0.15, 0.2) is 11.2 Å². The monoisotopic (exact) mass is 333 g/mol. The number of fused-ring (bicyclic) bond motifs is 3. The third-order valence-electron chi connectivity index (χ3n) is 4.62. The Morgan fingerprint density at radius 3 is 2.46 bits per heavy atom. The molecule has 0 saturated heterocycles. The average Bonchev–Trinajstić information content (AvgIpc) is 3.06. The molecule has 0 bridgehead atoms. The van der Waals surface area contributed by atoms with Gasteiger partial charge in [-0.1, -0.05) is 0 Å². The van der Waals surface area contributed by atoms with E-state index in [0.29, 0.717) is 30.2 Å². The van der Waals surface area contributed by atoms with Crippen molar-refractivity contribution in [3.05, 3.63) is 32.2 Å². The molecule has 0 amide bonds. The highest BCUT2D eigenvalue weighted by Crippen LogP contribution is 2.20. The molecular weight excluding hydrogens is 310 g/mol. The molecule has 0 unspecified atom stereocenters. The summed E-state index contributed by atoms with van der Waals surface area (Å²) in [7, 11) is 3.13. The van der Waals surface area contributed by atoms with Crippen molar-refractivity contribution in [2.45, 2.75) is 33.7 Å². The van der Waals surface area contributed by atoms with Gasteiger partial charge in [0.05, 0.1) is 0 Å². The molecule has 0 aliphatic rings. The molecule has 3 aromatic heterocycles. The standard InChI is InChI=1S/C16H23N5O3/c1-6-24-9-7-8-20-10(2)11(3)21-12-13(17-15(20)21)18(4)16(23)19(5)14(12)22/h6-9H2,1-5H3. The number of nitrogens with zero attached hydrogens (tertiary/aromatic N) is 5. The van der Waals surface area contributed by atoms with Gasteiger partial charge in [-0.3, -0.25) is 18.3 Å². The summed E-state index contributed by atoms with van der Waals surface area (Å²) in [5, 5.41) is 0. The molecule has 0 fully saturated rings. The van der Waals surface area contributed by atoms with Gasteiger partial charge in [0.25, 0.3) is 5.56 Å². The van der Waals surface area contributed by atoms with Gasteiger partial charge < -0.3 is 9.30 Å². The summed E-state index contributed by atoms with van der Waals surface area (Å²) in [5.74, 6) is 0.690. The van der Waals surface area contributed by atoms with Crippen LogP contribution >= 0.6 is 0 Å². The summed E-state index contributed by atoms with van der Waals surface area (Å²) in [5.41, 5.74) is 2.19. The van der Waals surface area contributed by atoms with E-state index in [1.54, 1.807) is 7.05 Å². The largest absolute Gasteiger partial charge is 0.382 e. The van der Waals surface area contributed by atoms with E-state index >= 15 is 0 Å². The molecule has 24 heavy (non-hydrogen) atoms. The Morgan fingerprint density at radius 1 is 1.08 bits per heavy atom. The van der Waals surface area contributed by atoms with Crippen LogP contribution in [0.25, 0.3) is 16.9 Å². The lowest BCUT2D eigenvalue weighted by Crippen LogP contribution is -2.37. The first-order valence-electron chi connectivity index (χ1n) is 8.11. The number of ether oxygens (including phenoxy) is 1. The van der Waals surface area contributed by atoms with Crippen molar-refractivity contribution in [2.24, 2.45) is 14.1 Å². The first kappa shape index (κ1) is 16.5. The lowest BCUT2D eigenvalue weighted by molar-refractivity contribution is 0.142. The van der Waals surface area contributed by atoms with Gasteiger partial charge >= 0.3 is 5.69 Å². The van der Waals surface area contributed by atoms with E-state index in [9.17, 15) is 9.59 Å². The van der Waals surface area contributed by atoms with Crippen LogP contribution in [0.1, 0.15) is 24.7 Å². The highest BCUT2D eigenvalue weighted by atomic mass is 16.5. The minimum Gasteiger partial charge on any atom is -0.382 e. The second-order valence-corrected chi connectivity index (χ2v) is 6.00. The summed E-state index contributed by atoms with van der Waals surface area (Å²) in [6.07, 6.45) is 0.860. The van der Waals surface area contributed by atoms with Crippen LogP contribution in [0.5, 0.6) is 0 Å². The zero-order chi connectivity index (χ0) is 17.6. The Labute approximate surface area is 138 Å². The van der Waals surface area contributed by atoms with Gasteiger partial charge in [0, 0.05) is 45.2 Å². The van der Waals surface area contributed by atoms with Crippen LogP contribution in [0.4, 0.5) is 0 Å². The molecule has 0 radical (unpaired) electrons. The number of rotatable bonds is 5. The Morgan fingerprint density at radius 2 is 1.79 bits per heavy atom. The fraction of sp³-hybridized carbons (Fsp3) is 0.562. The molecule has 130 valence electrons. The smallest absolute Gasteiger partial charge is 0.332 e. The average molecular weight is 333 g/mol. The zero-order valence-electron chi connectivity index (χ0n) is 14.8. The zero-order valence-corrected chi connectivity index (χ0v) is 14.8. The summed E-state index contributed by atoms with van der Waals surface area (Å²) in [6, 6.07) is 0. The second-order valence-electron chi connectivity index (χ2n) is 6.00. The van der Waals surface area contributed by atoms with Crippen molar-refractivity contribution in [2.75, 3.05) is 13.2 Å². The predicted octanol–water partition coefficient (Wildman–Crippen LogP) is 0.730. The number of aromatic nitrogens is 5. The van der Waals surface area contributed by atoms with Crippen LogP contribution in [0.15, 0.2) is 9.59 Å². The van der Waals surface area contributed by atoms with Crippen LogP contribution in [0.2, 0.25) is 0 Å². The number of hydrogen-bond donors (Lipinski definition) is 0. The van der Waals surface area contributed by atoms with Crippen LogP contribution in [0, 0.1) is 13.8 Å². The molecule has 3 heterocycles. The van der Waals surface area contributed by atoms with Gasteiger partial charge in [-0.05, 0) is 27.2 Å². The molecular formula is C16H23N5O3. The van der Waals surface area contributed by atoms with Gasteiger partial charge in [-0.2, -0.15) is 4.98 Å². The minimum absolute atomic E-state index is 0.324. The molecule has 8 nitrogen and oxygen atoms in total. The maximum absolute atomic E-state index is 12.6. The van der Waals surface area contributed by atoms with Crippen LogP contribution in [0.3, 0.4) is 0 Å². The van der Waals surface area contributed by atoms with E-state index in [-0.39, 0.29) is 11.2 Å².